The van der Waals surface area contributed by atoms with Gasteiger partial charge in [-0.2, -0.15) is 0 Å². The molecule has 2 nitrogen and oxygen atoms in total. The molecular formula is C17H19ClN2. The standard InChI is InChI=1S/C17H19ClN2/c1-20(15-5-3-2-4-6-15)16-10-7-13(17(18)11-16)12-19-14-8-9-14/h2-7,10-11,14,19H,8-9,12H2,1H3. The smallest absolute Gasteiger partial charge is 0.0471 e. The van der Waals surface area contributed by atoms with Crippen molar-refractivity contribution in [1.82, 2.24) is 5.32 Å². The molecule has 0 aromatic heterocycles. The van der Waals surface area contributed by atoms with E-state index in [2.05, 4.69) is 41.5 Å². The Labute approximate surface area is 125 Å². The van der Waals surface area contributed by atoms with Crippen molar-refractivity contribution in [3.8, 4) is 0 Å². The molecule has 0 bridgehead atoms. The molecule has 1 N–H and O–H groups in total. The van der Waals surface area contributed by atoms with Gasteiger partial charge in [-0.3, -0.25) is 0 Å². The Balaban J connectivity index is 1.75. The summed E-state index contributed by atoms with van der Waals surface area (Å²) in [6, 6.07) is 17.3. The highest BCUT2D eigenvalue weighted by molar-refractivity contribution is 6.31. The van der Waals surface area contributed by atoms with E-state index in [9.17, 15) is 0 Å². The normalized spacial score (nSPS) is 14.3. The van der Waals surface area contributed by atoms with Crippen LogP contribution in [0.4, 0.5) is 11.4 Å². The number of nitrogens with one attached hydrogen (secondary N) is 1. The van der Waals surface area contributed by atoms with Crippen LogP contribution in [0.5, 0.6) is 0 Å². The van der Waals surface area contributed by atoms with Crippen molar-refractivity contribution in [1.29, 1.82) is 0 Å². The Kier molecular flexibility index (Phi) is 3.95. The fraction of sp³-hybridized carbons (Fsp3) is 0.294. The molecule has 0 amide bonds. The van der Waals surface area contributed by atoms with Gasteiger partial charge in [0.25, 0.3) is 0 Å². The van der Waals surface area contributed by atoms with Gasteiger partial charge in [0, 0.05) is 36.0 Å². The summed E-state index contributed by atoms with van der Waals surface area (Å²) in [6.07, 6.45) is 2.60. The zero-order chi connectivity index (χ0) is 13.9. The van der Waals surface area contributed by atoms with Crippen LogP contribution >= 0.6 is 11.6 Å². The maximum Gasteiger partial charge on any atom is 0.0471 e. The molecule has 2 aromatic carbocycles. The monoisotopic (exact) mass is 286 g/mol. The van der Waals surface area contributed by atoms with Gasteiger partial charge in [0.2, 0.25) is 0 Å². The summed E-state index contributed by atoms with van der Waals surface area (Å²) in [5.41, 5.74) is 3.44. The number of nitrogens with zero attached hydrogens (tertiary/aromatic N) is 1. The zero-order valence-electron chi connectivity index (χ0n) is 11.6. The Morgan fingerprint density at radius 1 is 1.10 bits per heavy atom. The maximum absolute atomic E-state index is 6.40. The average molecular weight is 287 g/mol. The highest BCUT2D eigenvalue weighted by Crippen LogP contribution is 2.28. The molecule has 2 aromatic rings. The second-order valence-corrected chi connectivity index (χ2v) is 5.73. The fourth-order valence-electron chi connectivity index (χ4n) is 2.23. The van der Waals surface area contributed by atoms with Gasteiger partial charge in [0.15, 0.2) is 0 Å². The summed E-state index contributed by atoms with van der Waals surface area (Å²) in [6.45, 7) is 0.860. The van der Waals surface area contributed by atoms with E-state index in [1.165, 1.54) is 18.4 Å². The molecule has 1 aliphatic carbocycles. The SMILES string of the molecule is CN(c1ccccc1)c1ccc(CNC2CC2)c(Cl)c1. The quantitative estimate of drug-likeness (QED) is 0.878. The van der Waals surface area contributed by atoms with Gasteiger partial charge in [-0.25, -0.2) is 0 Å². The van der Waals surface area contributed by atoms with Crippen LogP contribution in [0.15, 0.2) is 48.5 Å². The highest BCUT2D eigenvalue weighted by Gasteiger charge is 2.20. The highest BCUT2D eigenvalue weighted by atomic mass is 35.5. The van der Waals surface area contributed by atoms with E-state index < -0.39 is 0 Å². The first-order chi connectivity index (χ1) is 9.74. The predicted octanol–water partition coefficient (Wildman–Crippen LogP) is 4.36. The topological polar surface area (TPSA) is 15.3 Å². The van der Waals surface area contributed by atoms with Crippen LogP contribution < -0.4 is 10.2 Å². The summed E-state index contributed by atoms with van der Waals surface area (Å²) < 4.78 is 0. The molecule has 0 radical (unpaired) electrons. The first-order valence-electron chi connectivity index (χ1n) is 7.04. The lowest BCUT2D eigenvalue weighted by molar-refractivity contribution is 0.688. The summed E-state index contributed by atoms with van der Waals surface area (Å²) in [7, 11) is 2.06. The number of halogens is 1. The van der Waals surface area contributed by atoms with Crippen LogP contribution in [0, 0.1) is 0 Å². The molecule has 3 heteroatoms. The Hall–Kier alpha value is -1.51. The van der Waals surface area contributed by atoms with E-state index in [0.29, 0.717) is 6.04 Å². The molecular weight excluding hydrogens is 268 g/mol. The minimum Gasteiger partial charge on any atom is -0.345 e. The average Bonchev–Trinajstić information content (AvgIpc) is 3.30. The van der Waals surface area contributed by atoms with Crippen molar-refractivity contribution in [2.24, 2.45) is 0 Å². The van der Waals surface area contributed by atoms with Gasteiger partial charge in [-0.1, -0.05) is 35.9 Å². The number of benzene rings is 2. The first-order valence-corrected chi connectivity index (χ1v) is 7.42. The van der Waals surface area contributed by atoms with Gasteiger partial charge in [0.05, 0.1) is 0 Å². The largest absolute Gasteiger partial charge is 0.345 e. The van der Waals surface area contributed by atoms with Crippen molar-refractivity contribution < 1.29 is 0 Å². The number of hydrogen-bond donors (Lipinski definition) is 1. The Morgan fingerprint density at radius 3 is 2.50 bits per heavy atom. The van der Waals surface area contributed by atoms with E-state index in [0.717, 1.165) is 22.9 Å². The molecule has 0 aliphatic heterocycles. The van der Waals surface area contributed by atoms with Crippen LogP contribution in [0.2, 0.25) is 5.02 Å². The minimum atomic E-state index is 0.706. The zero-order valence-corrected chi connectivity index (χ0v) is 12.4. The molecule has 0 atom stereocenters. The second kappa shape index (κ2) is 5.86. The number of anilines is 2. The molecule has 1 fully saturated rings. The van der Waals surface area contributed by atoms with Gasteiger partial charge in [-0.05, 0) is 42.7 Å². The van der Waals surface area contributed by atoms with E-state index in [-0.39, 0.29) is 0 Å². The number of rotatable bonds is 5. The second-order valence-electron chi connectivity index (χ2n) is 5.33. The van der Waals surface area contributed by atoms with E-state index >= 15 is 0 Å². The van der Waals surface area contributed by atoms with Gasteiger partial charge in [-0.15, -0.1) is 0 Å². The Bertz CT molecular complexity index is 579. The lowest BCUT2D eigenvalue weighted by Gasteiger charge is -2.20. The van der Waals surface area contributed by atoms with Crippen molar-refractivity contribution >= 4 is 23.0 Å². The third kappa shape index (κ3) is 3.14. The van der Waals surface area contributed by atoms with E-state index in [4.69, 9.17) is 11.6 Å². The van der Waals surface area contributed by atoms with Gasteiger partial charge < -0.3 is 10.2 Å². The molecule has 0 spiro atoms. The fourth-order valence-corrected chi connectivity index (χ4v) is 2.47. The van der Waals surface area contributed by atoms with Crippen LogP contribution in [-0.4, -0.2) is 13.1 Å². The summed E-state index contributed by atoms with van der Waals surface area (Å²) in [4.78, 5) is 2.14. The lowest BCUT2D eigenvalue weighted by Crippen LogP contribution is -2.16. The number of para-hydroxylation sites is 1. The van der Waals surface area contributed by atoms with Crippen LogP contribution in [-0.2, 0) is 6.54 Å². The van der Waals surface area contributed by atoms with Crippen molar-refractivity contribution in [2.45, 2.75) is 25.4 Å². The van der Waals surface area contributed by atoms with Crippen LogP contribution in [0.25, 0.3) is 0 Å². The molecule has 0 unspecified atom stereocenters. The van der Waals surface area contributed by atoms with Crippen LogP contribution in [0.1, 0.15) is 18.4 Å². The Morgan fingerprint density at radius 2 is 1.85 bits per heavy atom. The molecule has 3 rings (SSSR count). The van der Waals surface area contributed by atoms with Crippen molar-refractivity contribution in [3.05, 3.63) is 59.1 Å². The number of hydrogen-bond acceptors (Lipinski definition) is 2. The molecule has 0 saturated heterocycles. The minimum absolute atomic E-state index is 0.706. The summed E-state index contributed by atoms with van der Waals surface area (Å²) >= 11 is 6.40. The molecule has 1 aliphatic rings. The van der Waals surface area contributed by atoms with Crippen molar-refractivity contribution in [3.63, 3.8) is 0 Å². The van der Waals surface area contributed by atoms with Crippen LogP contribution in [0.3, 0.4) is 0 Å². The van der Waals surface area contributed by atoms with Gasteiger partial charge in [0.1, 0.15) is 0 Å². The van der Waals surface area contributed by atoms with Gasteiger partial charge >= 0.3 is 0 Å². The molecule has 104 valence electrons. The van der Waals surface area contributed by atoms with E-state index in [1.54, 1.807) is 0 Å². The van der Waals surface area contributed by atoms with Crippen molar-refractivity contribution in [2.75, 3.05) is 11.9 Å². The molecule has 1 saturated carbocycles. The lowest BCUT2D eigenvalue weighted by atomic mass is 10.1. The first kappa shape index (κ1) is 13.5. The third-order valence-corrected chi connectivity index (χ3v) is 4.08. The third-order valence-electron chi connectivity index (χ3n) is 3.73. The van der Waals surface area contributed by atoms with E-state index in [1.807, 2.05) is 24.3 Å². The molecule has 20 heavy (non-hydrogen) atoms. The maximum atomic E-state index is 6.40. The molecule has 0 heterocycles. The predicted molar refractivity (Wildman–Crippen MR) is 85.8 cm³/mol. The summed E-state index contributed by atoms with van der Waals surface area (Å²) in [5.74, 6) is 0. The summed E-state index contributed by atoms with van der Waals surface area (Å²) in [5, 5.41) is 4.33.